The van der Waals surface area contributed by atoms with Crippen LogP contribution in [0.25, 0.3) is 5.69 Å². The molecule has 0 bridgehead atoms. The molecule has 4 nitrogen and oxygen atoms in total. The maximum absolute atomic E-state index is 6.09. The minimum Gasteiger partial charge on any atom is -0.384 e. The van der Waals surface area contributed by atoms with Crippen LogP contribution in [0, 0.1) is 5.92 Å². The topological polar surface area (TPSA) is 47.1 Å². The zero-order valence-electron chi connectivity index (χ0n) is 12.0. The Morgan fingerprint density at radius 3 is 2.85 bits per heavy atom. The Bertz CT molecular complexity index is 561. The van der Waals surface area contributed by atoms with E-state index in [2.05, 4.69) is 16.9 Å². The number of para-hydroxylation sites is 1. The fourth-order valence-electron chi connectivity index (χ4n) is 2.96. The molecular formula is C16H22N4. The van der Waals surface area contributed by atoms with Crippen LogP contribution in [0.15, 0.2) is 36.4 Å². The summed E-state index contributed by atoms with van der Waals surface area (Å²) >= 11 is 0. The highest BCUT2D eigenvalue weighted by Crippen LogP contribution is 2.19. The lowest BCUT2D eigenvalue weighted by Crippen LogP contribution is -2.33. The molecule has 0 saturated carbocycles. The summed E-state index contributed by atoms with van der Waals surface area (Å²) in [5.41, 5.74) is 8.16. The van der Waals surface area contributed by atoms with Gasteiger partial charge in [-0.15, -0.1) is 0 Å². The zero-order valence-corrected chi connectivity index (χ0v) is 12.0. The van der Waals surface area contributed by atoms with E-state index in [1.807, 2.05) is 41.1 Å². The molecule has 0 aliphatic carbocycles. The highest BCUT2D eigenvalue weighted by atomic mass is 15.3. The van der Waals surface area contributed by atoms with Crippen molar-refractivity contribution >= 4 is 5.82 Å². The number of piperidine rings is 1. The molecule has 2 aromatic rings. The second-order valence-electron chi connectivity index (χ2n) is 5.79. The number of nitrogen functional groups attached to an aromatic ring is 1. The van der Waals surface area contributed by atoms with Crippen LogP contribution in [-0.4, -0.2) is 27.8 Å². The number of benzene rings is 1. The van der Waals surface area contributed by atoms with Gasteiger partial charge in [0.15, 0.2) is 0 Å². The van der Waals surface area contributed by atoms with Crippen molar-refractivity contribution in [2.75, 3.05) is 18.8 Å². The Morgan fingerprint density at radius 2 is 2.10 bits per heavy atom. The van der Waals surface area contributed by atoms with Crippen molar-refractivity contribution in [1.82, 2.24) is 14.7 Å². The molecule has 1 aliphatic rings. The molecule has 2 N–H and O–H groups in total. The molecule has 0 amide bonds. The predicted molar refractivity (Wildman–Crippen MR) is 81.7 cm³/mol. The second-order valence-corrected chi connectivity index (χ2v) is 5.79. The molecule has 1 aliphatic heterocycles. The first kappa shape index (κ1) is 13.2. The molecule has 20 heavy (non-hydrogen) atoms. The van der Waals surface area contributed by atoms with Crippen LogP contribution < -0.4 is 5.73 Å². The molecule has 1 aromatic carbocycles. The normalized spacial score (nSPS) is 20.1. The third-order valence-corrected chi connectivity index (χ3v) is 3.92. The fraction of sp³-hybridized carbons (Fsp3) is 0.438. The number of rotatable bonds is 3. The monoisotopic (exact) mass is 270 g/mol. The molecule has 1 unspecified atom stereocenters. The highest BCUT2D eigenvalue weighted by Gasteiger charge is 2.18. The Labute approximate surface area is 120 Å². The molecule has 2 heterocycles. The highest BCUT2D eigenvalue weighted by molar-refractivity contribution is 5.42. The average Bonchev–Trinajstić information content (AvgIpc) is 2.80. The van der Waals surface area contributed by atoms with Crippen molar-refractivity contribution in [3.63, 3.8) is 0 Å². The van der Waals surface area contributed by atoms with Crippen LogP contribution in [-0.2, 0) is 6.54 Å². The third kappa shape index (κ3) is 2.85. The first-order valence-corrected chi connectivity index (χ1v) is 7.34. The number of aromatic nitrogens is 2. The summed E-state index contributed by atoms with van der Waals surface area (Å²) in [7, 11) is 0. The van der Waals surface area contributed by atoms with Gasteiger partial charge in [-0.25, -0.2) is 4.68 Å². The van der Waals surface area contributed by atoms with Gasteiger partial charge in [0.05, 0.1) is 11.4 Å². The van der Waals surface area contributed by atoms with Crippen molar-refractivity contribution in [2.45, 2.75) is 26.3 Å². The van der Waals surface area contributed by atoms with Gasteiger partial charge in [0.25, 0.3) is 0 Å². The second kappa shape index (κ2) is 5.67. The Kier molecular flexibility index (Phi) is 3.74. The van der Waals surface area contributed by atoms with Crippen LogP contribution in [0.1, 0.15) is 25.5 Å². The lowest BCUT2D eigenvalue weighted by molar-refractivity contribution is 0.174. The summed E-state index contributed by atoms with van der Waals surface area (Å²) in [6, 6.07) is 12.0. The first-order valence-electron chi connectivity index (χ1n) is 7.34. The van der Waals surface area contributed by atoms with Crippen LogP contribution in [0.2, 0.25) is 0 Å². The minimum atomic E-state index is 0.705. The Hall–Kier alpha value is -1.81. The van der Waals surface area contributed by atoms with Crippen molar-refractivity contribution in [2.24, 2.45) is 5.92 Å². The molecule has 4 heteroatoms. The summed E-state index contributed by atoms with van der Waals surface area (Å²) in [6.45, 7) is 5.55. The van der Waals surface area contributed by atoms with Gasteiger partial charge in [-0.05, 0) is 37.4 Å². The van der Waals surface area contributed by atoms with Gasteiger partial charge in [-0.3, -0.25) is 4.90 Å². The van der Waals surface area contributed by atoms with E-state index in [9.17, 15) is 0 Å². The SMILES string of the molecule is CC1CCCN(Cc2cc(N)n(-c3ccccc3)n2)C1. The van der Waals surface area contributed by atoms with Crippen LogP contribution in [0.5, 0.6) is 0 Å². The summed E-state index contributed by atoms with van der Waals surface area (Å²) in [5, 5.41) is 4.65. The van der Waals surface area contributed by atoms with Crippen molar-refractivity contribution < 1.29 is 0 Å². The van der Waals surface area contributed by atoms with Crippen molar-refractivity contribution in [1.29, 1.82) is 0 Å². The van der Waals surface area contributed by atoms with Gasteiger partial charge in [-0.1, -0.05) is 25.1 Å². The van der Waals surface area contributed by atoms with E-state index in [1.54, 1.807) is 0 Å². The van der Waals surface area contributed by atoms with Crippen LogP contribution >= 0.6 is 0 Å². The van der Waals surface area contributed by atoms with Crippen molar-refractivity contribution in [3.8, 4) is 5.69 Å². The Balaban J connectivity index is 1.75. The maximum Gasteiger partial charge on any atom is 0.127 e. The average molecular weight is 270 g/mol. The maximum atomic E-state index is 6.09. The smallest absolute Gasteiger partial charge is 0.127 e. The molecule has 3 rings (SSSR count). The standard InChI is InChI=1S/C16H22N4/c1-13-6-5-9-19(11-13)12-14-10-16(17)20(18-14)15-7-3-2-4-8-15/h2-4,7-8,10,13H,5-6,9,11-12,17H2,1H3. The lowest BCUT2D eigenvalue weighted by atomic mass is 10.0. The number of anilines is 1. The summed E-state index contributed by atoms with van der Waals surface area (Å²) in [4.78, 5) is 2.48. The number of nitrogens with two attached hydrogens (primary N) is 1. The zero-order chi connectivity index (χ0) is 13.9. The molecule has 0 spiro atoms. The van der Waals surface area contributed by atoms with Gasteiger partial charge in [-0.2, -0.15) is 5.10 Å². The molecule has 106 valence electrons. The van der Waals surface area contributed by atoms with E-state index in [0.717, 1.165) is 30.4 Å². The van der Waals surface area contributed by atoms with Crippen molar-refractivity contribution in [3.05, 3.63) is 42.1 Å². The van der Waals surface area contributed by atoms with E-state index in [-0.39, 0.29) is 0 Å². The molecule has 1 fully saturated rings. The molecule has 0 radical (unpaired) electrons. The van der Waals surface area contributed by atoms with Gasteiger partial charge in [0, 0.05) is 19.2 Å². The molecular weight excluding hydrogens is 248 g/mol. The summed E-state index contributed by atoms with van der Waals surface area (Å²) in [5.74, 6) is 1.49. The van der Waals surface area contributed by atoms with E-state index < -0.39 is 0 Å². The minimum absolute atomic E-state index is 0.705. The number of hydrogen-bond donors (Lipinski definition) is 1. The van der Waals surface area contributed by atoms with E-state index in [0.29, 0.717) is 5.82 Å². The van der Waals surface area contributed by atoms with E-state index >= 15 is 0 Å². The largest absolute Gasteiger partial charge is 0.384 e. The number of hydrogen-bond acceptors (Lipinski definition) is 3. The van der Waals surface area contributed by atoms with Gasteiger partial charge >= 0.3 is 0 Å². The first-order chi connectivity index (χ1) is 9.72. The van der Waals surface area contributed by atoms with Crippen LogP contribution in [0.3, 0.4) is 0 Å². The summed E-state index contributed by atoms with van der Waals surface area (Å²) < 4.78 is 1.82. The van der Waals surface area contributed by atoms with Gasteiger partial charge in [0.1, 0.15) is 5.82 Å². The van der Waals surface area contributed by atoms with Gasteiger partial charge in [0.2, 0.25) is 0 Å². The summed E-state index contributed by atoms with van der Waals surface area (Å²) in [6.07, 6.45) is 2.63. The number of likely N-dealkylation sites (tertiary alicyclic amines) is 1. The third-order valence-electron chi connectivity index (χ3n) is 3.92. The molecule has 1 saturated heterocycles. The molecule has 1 atom stereocenters. The Morgan fingerprint density at radius 1 is 1.30 bits per heavy atom. The number of nitrogens with zero attached hydrogens (tertiary/aromatic N) is 3. The molecule has 1 aromatic heterocycles. The lowest BCUT2D eigenvalue weighted by Gasteiger charge is -2.30. The fourth-order valence-corrected chi connectivity index (χ4v) is 2.96. The van der Waals surface area contributed by atoms with Gasteiger partial charge < -0.3 is 5.73 Å². The van der Waals surface area contributed by atoms with Crippen LogP contribution in [0.4, 0.5) is 5.82 Å². The predicted octanol–water partition coefficient (Wildman–Crippen LogP) is 2.69. The quantitative estimate of drug-likeness (QED) is 0.932. The van der Waals surface area contributed by atoms with E-state index in [4.69, 9.17) is 5.73 Å². The van der Waals surface area contributed by atoms with E-state index in [1.165, 1.54) is 19.4 Å².